The summed E-state index contributed by atoms with van der Waals surface area (Å²) in [5.74, 6) is 0.911. The third kappa shape index (κ3) is 5.21. The normalized spacial score (nSPS) is 17.0. The SMILES string of the molecule is CC(C)CN1CCC(C(Cc2ccccc2F)N(C)C(=O)c2cccs2)CC1. The largest absolute Gasteiger partial charge is 0.337 e. The number of likely N-dealkylation sites (tertiary alicyclic amines) is 1. The van der Waals surface area contributed by atoms with Crippen LogP contribution in [0.4, 0.5) is 4.39 Å². The van der Waals surface area contributed by atoms with Crippen molar-refractivity contribution < 1.29 is 9.18 Å². The molecule has 0 bridgehead atoms. The number of hydrogen-bond acceptors (Lipinski definition) is 3. The Balaban J connectivity index is 1.77. The van der Waals surface area contributed by atoms with E-state index in [1.54, 1.807) is 6.07 Å². The minimum Gasteiger partial charge on any atom is -0.337 e. The fourth-order valence-corrected chi connectivity index (χ4v) is 4.98. The zero-order valence-corrected chi connectivity index (χ0v) is 17.9. The summed E-state index contributed by atoms with van der Waals surface area (Å²) in [6.07, 6.45) is 2.66. The van der Waals surface area contributed by atoms with Crippen LogP contribution in [0.25, 0.3) is 0 Å². The highest BCUT2D eigenvalue weighted by atomic mass is 32.1. The highest BCUT2D eigenvalue weighted by molar-refractivity contribution is 7.12. The highest BCUT2D eigenvalue weighted by Gasteiger charge is 2.32. The van der Waals surface area contributed by atoms with Crippen LogP contribution in [-0.4, -0.2) is 48.4 Å². The van der Waals surface area contributed by atoms with Crippen LogP contribution >= 0.6 is 11.3 Å². The Bertz CT molecular complexity index is 754. The van der Waals surface area contributed by atoms with E-state index in [0.717, 1.165) is 37.4 Å². The van der Waals surface area contributed by atoms with E-state index in [1.165, 1.54) is 17.4 Å². The standard InChI is InChI=1S/C23H31FN2OS/c1-17(2)16-26-12-10-18(11-13-26)21(15-19-7-4-5-8-20(19)24)25(3)23(27)22-9-6-14-28-22/h4-9,14,17-18,21H,10-13,15-16H2,1-3H3. The molecule has 1 saturated heterocycles. The molecule has 1 unspecified atom stereocenters. The van der Waals surface area contributed by atoms with Gasteiger partial charge in [-0.25, -0.2) is 4.39 Å². The second-order valence-electron chi connectivity index (χ2n) is 8.29. The molecule has 5 heteroatoms. The van der Waals surface area contributed by atoms with Gasteiger partial charge in [-0.15, -0.1) is 11.3 Å². The van der Waals surface area contributed by atoms with Gasteiger partial charge < -0.3 is 9.80 Å². The molecule has 1 fully saturated rings. The van der Waals surface area contributed by atoms with Gasteiger partial charge in [0.05, 0.1) is 4.88 Å². The van der Waals surface area contributed by atoms with Crippen molar-refractivity contribution in [2.24, 2.45) is 11.8 Å². The van der Waals surface area contributed by atoms with Crippen molar-refractivity contribution in [1.29, 1.82) is 0 Å². The van der Waals surface area contributed by atoms with Crippen molar-refractivity contribution in [2.75, 3.05) is 26.7 Å². The van der Waals surface area contributed by atoms with Crippen LogP contribution in [0.15, 0.2) is 41.8 Å². The average Bonchev–Trinajstić information content (AvgIpc) is 3.21. The summed E-state index contributed by atoms with van der Waals surface area (Å²) in [6.45, 7) is 7.73. The van der Waals surface area contributed by atoms with Crippen molar-refractivity contribution in [3.8, 4) is 0 Å². The first-order chi connectivity index (χ1) is 13.5. The molecule has 0 saturated carbocycles. The van der Waals surface area contributed by atoms with E-state index < -0.39 is 0 Å². The fourth-order valence-electron chi connectivity index (χ4n) is 4.27. The predicted molar refractivity (Wildman–Crippen MR) is 114 cm³/mol. The molecule has 2 heterocycles. The molecule has 1 aliphatic rings. The van der Waals surface area contributed by atoms with E-state index in [2.05, 4.69) is 18.7 Å². The molecule has 1 aromatic heterocycles. The van der Waals surface area contributed by atoms with Gasteiger partial charge in [0.2, 0.25) is 0 Å². The number of carbonyl (C=O) groups excluding carboxylic acids is 1. The van der Waals surface area contributed by atoms with Crippen molar-refractivity contribution in [3.05, 3.63) is 58.0 Å². The number of halogens is 1. The topological polar surface area (TPSA) is 23.6 Å². The zero-order valence-electron chi connectivity index (χ0n) is 17.1. The molecular formula is C23H31FN2OS. The number of likely N-dealkylation sites (N-methyl/N-ethyl adjacent to an activating group) is 1. The summed E-state index contributed by atoms with van der Waals surface area (Å²) >= 11 is 1.47. The number of amides is 1. The van der Waals surface area contributed by atoms with Gasteiger partial charge in [0.25, 0.3) is 5.91 Å². The first-order valence-electron chi connectivity index (χ1n) is 10.2. The first kappa shape index (κ1) is 21.0. The molecule has 0 radical (unpaired) electrons. The zero-order chi connectivity index (χ0) is 20.1. The van der Waals surface area contributed by atoms with Crippen LogP contribution in [0.1, 0.15) is 41.9 Å². The van der Waals surface area contributed by atoms with Gasteiger partial charge in [-0.3, -0.25) is 4.79 Å². The Morgan fingerprint density at radius 3 is 2.54 bits per heavy atom. The third-order valence-electron chi connectivity index (χ3n) is 5.74. The van der Waals surface area contributed by atoms with Crippen molar-refractivity contribution in [2.45, 2.75) is 39.2 Å². The molecular weight excluding hydrogens is 371 g/mol. The molecule has 3 nitrogen and oxygen atoms in total. The molecule has 0 N–H and O–H groups in total. The Kier molecular flexibility index (Phi) is 7.24. The summed E-state index contributed by atoms with van der Waals surface area (Å²) in [7, 11) is 1.88. The molecule has 1 atom stereocenters. The van der Waals surface area contributed by atoms with E-state index in [1.807, 2.05) is 41.6 Å². The van der Waals surface area contributed by atoms with Crippen LogP contribution in [0, 0.1) is 17.7 Å². The molecule has 1 aliphatic heterocycles. The van der Waals surface area contributed by atoms with E-state index in [-0.39, 0.29) is 17.8 Å². The lowest BCUT2D eigenvalue weighted by atomic mass is 9.84. The third-order valence-corrected chi connectivity index (χ3v) is 6.59. The molecule has 1 amide bonds. The maximum Gasteiger partial charge on any atom is 0.263 e. The van der Waals surface area contributed by atoms with Gasteiger partial charge in [-0.1, -0.05) is 38.1 Å². The van der Waals surface area contributed by atoms with Gasteiger partial charge in [-0.05, 0) is 67.3 Å². The Morgan fingerprint density at radius 1 is 1.21 bits per heavy atom. The number of rotatable bonds is 7. The van der Waals surface area contributed by atoms with E-state index in [4.69, 9.17) is 0 Å². The van der Waals surface area contributed by atoms with Gasteiger partial charge in [-0.2, -0.15) is 0 Å². The van der Waals surface area contributed by atoms with Gasteiger partial charge in [0, 0.05) is 19.6 Å². The Morgan fingerprint density at radius 2 is 1.93 bits per heavy atom. The second-order valence-corrected chi connectivity index (χ2v) is 9.24. The quantitative estimate of drug-likeness (QED) is 0.655. The number of piperidine rings is 1. The number of thiophene rings is 1. The van der Waals surface area contributed by atoms with Crippen LogP contribution in [0.5, 0.6) is 0 Å². The van der Waals surface area contributed by atoms with Crippen molar-refractivity contribution in [3.63, 3.8) is 0 Å². The molecule has 1 aromatic carbocycles. The first-order valence-corrected chi connectivity index (χ1v) is 11.1. The van der Waals surface area contributed by atoms with Crippen LogP contribution in [-0.2, 0) is 6.42 Å². The Labute approximate surface area is 172 Å². The number of hydrogen-bond donors (Lipinski definition) is 0. The smallest absolute Gasteiger partial charge is 0.263 e. The lowest BCUT2D eigenvalue weighted by Gasteiger charge is -2.40. The monoisotopic (exact) mass is 402 g/mol. The highest BCUT2D eigenvalue weighted by Crippen LogP contribution is 2.28. The lowest BCUT2D eigenvalue weighted by Crippen LogP contribution is -2.47. The maximum atomic E-state index is 14.4. The number of benzene rings is 1. The van der Waals surface area contributed by atoms with Crippen molar-refractivity contribution >= 4 is 17.2 Å². The molecule has 152 valence electrons. The molecule has 0 spiro atoms. The van der Waals surface area contributed by atoms with Gasteiger partial charge in [0.15, 0.2) is 0 Å². The summed E-state index contributed by atoms with van der Waals surface area (Å²) < 4.78 is 14.4. The average molecular weight is 403 g/mol. The Hall–Kier alpha value is -1.72. The number of carbonyl (C=O) groups is 1. The summed E-state index contributed by atoms with van der Waals surface area (Å²) in [6, 6.07) is 10.7. The van der Waals surface area contributed by atoms with E-state index >= 15 is 0 Å². The number of nitrogens with zero attached hydrogens (tertiary/aromatic N) is 2. The van der Waals surface area contributed by atoms with Crippen LogP contribution in [0.2, 0.25) is 0 Å². The molecule has 28 heavy (non-hydrogen) atoms. The second kappa shape index (κ2) is 9.66. The minimum absolute atomic E-state index is 0.00713. The van der Waals surface area contributed by atoms with E-state index in [0.29, 0.717) is 23.8 Å². The lowest BCUT2D eigenvalue weighted by molar-refractivity contribution is 0.0585. The fraction of sp³-hybridized carbons (Fsp3) is 0.522. The molecule has 2 aromatic rings. The summed E-state index contributed by atoms with van der Waals surface area (Å²) in [4.78, 5) is 18.1. The van der Waals surface area contributed by atoms with Gasteiger partial charge in [0.1, 0.15) is 5.82 Å². The minimum atomic E-state index is -0.179. The van der Waals surface area contributed by atoms with Crippen LogP contribution < -0.4 is 0 Å². The molecule has 3 rings (SSSR count). The summed E-state index contributed by atoms with van der Waals surface area (Å²) in [5, 5.41) is 1.93. The molecule has 0 aliphatic carbocycles. The summed E-state index contributed by atoms with van der Waals surface area (Å²) in [5.41, 5.74) is 0.697. The van der Waals surface area contributed by atoms with E-state index in [9.17, 15) is 9.18 Å². The predicted octanol–water partition coefficient (Wildman–Crippen LogP) is 4.94. The maximum absolute atomic E-state index is 14.4. The van der Waals surface area contributed by atoms with Crippen LogP contribution in [0.3, 0.4) is 0 Å². The van der Waals surface area contributed by atoms with Gasteiger partial charge >= 0.3 is 0 Å². The van der Waals surface area contributed by atoms with Crippen molar-refractivity contribution in [1.82, 2.24) is 9.80 Å².